The van der Waals surface area contributed by atoms with Crippen LogP contribution in [0.2, 0.25) is 0 Å². The molecule has 1 heterocycles. The van der Waals surface area contributed by atoms with Gasteiger partial charge in [-0.3, -0.25) is 10.1 Å². The zero-order valence-corrected chi connectivity index (χ0v) is 12.7. The monoisotopic (exact) mass is 286 g/mol. The number of carbonyl (C=O) groups is 1. The van der Waals surface area contributed by atoms with Crippen LogP contribution in [0.25, 0.3) is 11.3 Å². The van der Waals surface area contributed by atoms with E-state index in [-0.39, 0.29) is 52.3 Å². The van der Waals surface area contributed by atoms with Crippen molar-refractivity contribution in [2.75, 3.05) is 7.11 Å². The van der Waals surface area contributed by atoms with Crippen LogP contribution in [0, 0.1) is 10.1 Å². The molecule has 0 N–H and O–H groups in total. The Hall–Kier alpha value is -1.90. The molecule has 98 valence electrons. The topological polar surface area (TPSA) is 119 Å². The van der Waals surface area contributed by atoms with E-state index in [2.05, 4.69) is 4.98 Å². The molecule has 0 unspecified atom stereocenters. The number of non-ortho nitro benzene ring substituents is 1. The normalized spacial score (nSPS) is 9.65. The van der Waals surface area contributed by atoms with Gasteiger partial charge in [0.05, 0.1) is 29.6 Å². The first-order chi connectivity index (χ1) is 9.04. The number of nitro benzene ring substituents is 1. The maximum atomic E-state index is 10.8. The molecule has 0 radical (unpaired) electrons. The van der Waals surface area contributed by atoms with Crippen LogP contribution in [-0.2, 0) is 0 Å². The molecule has 0 fully saturated rings. The Morgan fingerprint density at radius 3 is 2.70 bits per heavy atom. The summed E-state index contributed by atoms with van der Waals surface area (Å²) in [7, 11) is 1.30. The molecular weight excluding hydrogens is 279 g/mol. The zero-order chi connectivity index (χ0) is 14.0. The summed E-state index contributed by atoms with van der Waals surface area (Å²) in [5, 5.41) is 21.5. The van der Waals surface area contributed by atoms with E-state index in [1.807, 2.05) is 0 Å². The molecular formula is C11H7N2NaO6. The number of nitro groups is 1. The Kier molecular flexibility index (Phi) is 5.26. The van der Waals surface area contributed by atoms with E-state index < -0.39 is 16.6 Å². The number of aromatic carboxylic acids is 1. The average molecular weight is 286 g/mol. The van der Waals surface area contributed by atoms with Gasteiger partial charge in [-0.25, -0.2) is 4.98 Å². The number of ether oxygens (including phenoxy) is 1. The summed E-state index contributed by atoms with van der Waals surface area (Å²) < 4.78 is 9.96. The van der Waals surface area contributed by atoms with Gasteiger partial charge < -0.3 is 19.1 Å². The predicted octanol–water partition coefficient (Wildman–Crippen LogP) is -2.37. The number of benzene rings is 1. The number of oxazole rings is 1. The van der Waals surface area contributed by atoms with Crippen LogP contribution >= 0.6 is 0 Å². The van der Waals surface area contributed by atoms with E-state index in [9.17, 15) is 20.0 Å². The van der Waals surface area contributed by atoms with Crippen LogP contribution in [0.4, 0.5) is 5.69 Å². The minimum Gasteiger partial charge on any atom is -0.543 e. The molecule has 2 rings (SSSR count). The number of carboxylic acids is 1. The van der Waals surface area contributed by atoms with Crippen LogP contribution < -0.4 is 39.4 Å². The maximum Gasteiger partial charge on any atom is 1.00 e. The number of carboxylic acid groups (broad SMARTS) is 1. The van der Waals surface area contributed by atoms with Crippen molar-refractivity contribution in [1.82, 2.24) is 4.98 Å². The second kappa shape index (κ2) is 6.51. The fraction of sp³-hybridized carbons (Fsp3) is 0.0909. The predicted molar refractivity (Wildman–Crippen MR) is 59.5 cm³/mol. The van der Waals surface area contributed by atoms with Gasteiger partial charge in [-0.1, -0.05) is 0 Å². The molecule has 0 amide bonds. The van der Waals surface area contributed by atoms with E-state index >= 15 is 0 Å². The van der Waals surface area contributed by atoms with Gasteiger partial charge in [0.15, 0.2) is 12.2 Å². The summed E-state index contributed by atoms with van der Waals surface area (Å²) in [6.45, 7) is 0. The van der Waals surface area contributed by atoms with E-state index in [0.717, 1.165) is 12.5 Å². The third-order valence-electron chi connectivity index (χ3n) is 2.40. The summed E-state index contributed by atoms with van der Waals surface area (Å²) >= 11 is 0. The molecule has 0 spiro atoms. The maximum absolute atomic E-state index is 10.8. The molecule has 1 aromatic heterocycles. The Balaban J connectivity index is 0.00000200. The molecule has 0 atom stereocenters. The second-order valence-corrected chi connectivity index (χ2v) is 3.46. The van der Waals surface area contributed by atoms with Crippen molar-refractivity contribution in [3.8, 4) is 17.1 Å². The smallest absolute Gasteiger partial charge is 0.543 e. The Bertz CT molecular complexity index is 654. The number of hydrogen-bond donors (Lipinski definition) is 0. The zero-order valence-electron chi connectivity index (χ0n) is 10.7. The summed E-state index contributed by atoms with van der Waals surface area (Å²) in [6, 6.07) is 3.69. The fourth-order valence-electron chi connectivity index (χ4n) is 1.56. The third kappa shape index (κ3) is 2.98. The van der Waals surface area contributed by atoms with Gasteiger partial charge >= 0.3 is 29.6 Å². The molecule has 2 aromatic rings. The number of carbonyl (C=O) groups excluding carboxylic acids is 1. The quantitative estimate of drug-likeness (QED) is 0.350. The van der Waals surface area contributed by atoms with Gasteiger partial charge in [0.2, 0.25) is 0 Å². The van der Waals surface area contributed by atoms with Gasteiger partial charge in [0, 0.05) is 6.07 Å². The second-order valence-electron chi connectivity index (χ2n) is 3.46. The summed E-state index contributed by atoms with van der Waals surface area (Å²) in [5.41, 5.74) is -0.341. The number of rotatable bonds is 4. The van der Waals surface area contributed by atoms with Gasteiger partial charge in [-0.2, -0.15) is 0 Å². The van der Waals surface area contributed by atoms with Crippen LogP contribution in [-0.4, -0.2) is 23.0 Å². The van der Waals surface area contributed by atoms with Crippen LogP contribution in [0.1, 0.15) is 10.5 Å². The van der Waals surface area contributed by atoms with E-state index in [1.165, 1.54) is 19.2 Å². The summed E-state index contributed by atoms with van der Waals surface area (Å²) in [5.74, 6) is -1.48. The van der Waals surface area contributed by atoms with Gasteiger partial charge in [-0.05, 0) is 6.07 Å². The summed E-state index contributed by atoms with van der Waals surface area (Å²) in [6.07, 6.45) is 0.946. The number of methoxy groups -OCH3 is 1. The fourth-order valence-corrected chi connectivity index (χ4v) is 1.56. The van der Waals surface area contributed by atoms with Crippen molar-refractivity contribution < 1.29 is 53.5 Å². The Morgan fingerprint density at radius 2 is 2.15 bits per heavy atom. The summed E-state index contributed by atoms with van der Waals surface area (Å²) in [4.78, 5) is 24.4. The number of hydrogen-bond acceptors (Lipinski definition) is 7. The molecule has 8 nitrogen and oxygen atoms in total. The van der Waals surface area contributed by atoms with Crippen molar-refractivity contribution in [2.24, 2.45) is 0 Å². The first kappa shape index (κ1) is 16.2. The van der Waals surface area contributed by atoms with Crippen LogP contribution in [0.15, 0.2) is 29.0 Å². The average Bonchev–Trinajstić information content (AvgIpc) is 2.87. The Labute approximate surface area is 134 Å². The molecule has 0 aliphatic rings. The molecule has 1 aromatic carbocycles. The van der Waals surface area contributed by atoms with E-state index in [0.29, 0.717) is 0 Å². The molecule has 0 bridgehead atoms. The van der Waals surface area contributed by atoms with E-state index in [4.69, 9.17) is 9.15 Å². The van der Waals surface area contributed by atoms with E-state index in [1.54, 1.807) is 0 Å². The van der Waals surface area contributed by atoms with Gasteiger partial charge in [0.1, 0.15) is 11.4 Å². The van der Waals surface area contributed by atoms with Crippen LogP contribution in [0.5, 0.6) is 5.75 Å². The number of aromatic nitrogens is 1. The minimum atomic E-state index is -1.51. The SMILES string of the molecule is COc1cc([N+](=O)[O-])ccc1-c1ocnc1C(=O)[O-].[Na+]. The first-order valence-corrected chi connectivity index (χ1v) is 5.02. The minimum absolute atomic E-state index is 0. The van der Waals surface area contributed by atoms with Crippen molar-refractivity contribution >= 4 is 11.7 Å². The molecule has 0 saturated heterocycles. The third-order valence-corrected chi connectivity index (χ3v) is 2.40. The van der Waals surface area contributed by atoms with Crippen molar-refractivity contribution in [1.29, 1.82) is 0 Å². The molecule has 0 saturated carbocycles. The molecule has 0 aliphatic heterocycles. The largest absolute Gasteiger partial charge is 1.00 e. The molecule has 0 aliphatic carbocycles. The van der Waals surface area contributed by atoms with Gasteiger partial charge in [-0.15, -0.1) is 0 Å². The molecule has 9 heteroatoms. The first-order valence-electron chi connectivity index (χ1n) is 5.02. The van der Waals surface area contributed by atoms with Crippen molar-refractivity contribution in [3.63, 3.8) is 0 Å². The van der Waals surface area contributed by atoms with Crippen molar-refractivity contribution in [2.45, 2.75) is 0 Å². The Morgan fingerprint density at radius 1 is 1.45 bits per heavy atom. The van der Waals surface area contributed by atoms with Crippen LogP contribution in [0.3, 0.4) is 0 Å². The van der Waals surface area contributed by atoms with Crippen molar-refractivity contribution in [3.05, 3.63) is 40.4 Å². The standard InChI is InChI=1S/C11H8N2O6.Na/c1-18-8-4-6(13(16)17)2-3-7(8)10-9(11(14)15)12-5-19-10;/h2-5H,1H3,(H,14,15);/q;+1/p-1. The number of nitrogens with zero attached hydrogens (tertiary/aromatic N) is 2. The molecule has 20 heavy (non-hydrogen) atoms. The van der Waals surface area contributed by atoms with Gasteiger partial charge in [0.25, 0.3) is 5.69 Å².